The zero-order valence-electron chi connectivity index (χ0n) is 11.3. The summed E-state index contributed by atoms with van der Waals surface area (Å²) in [5.41, 5.74) is 6.71. The number of nitrogen functional groups attached to an aromatic ring is 1. The maximum atomic E-state index is 12.5. The quantitative estimate of drug-likeness (QED) is 0.864. The second-order valence-corrected chi connectivity index (χ2v) is 7.37. The van der Waals surface area contributed by atoms with Crippen LogP contribution >= 0.6 is 23.2 Å². The summed E-state index contributed by atoms with van der Waals surface area (Å²) in [6, 6.07) is 11.4. The van der Waals surface area contributed by atoms with E-state index in [1.165, 1.54) is 29.6 Å². The van der Waals surface area contributed by atoms with Gasteiger partial charge in [-0.15, -0.1) is 0 Å². The van der Waals surface area contributed by atoms with Crippen molar-refractivity contribution in [2.75, 3.05) is 12.8 Å². The van der Waals surface area contributed by atoms with Crippen molar-refractivity contribution in [1.29, 1.82) is 0 Å². The smallest absolute Gasteiger partial charge is 0.244 e. The Morgan fingerprint density at radius 3 is 2.38 bits per heavy atom. The average Bonchev–Trinajstić information content (AvgIpc) is 2.40. The van der Waals surface area contributed by atoms with Crippen LogP contribution in [0.1, 0.15) is 5.56 Å². The van der Waals surface area contributed by atoms with E-state index >= 15 is 0 Å². The zero-order valence-corrected chi connectivity index (χ0v) is 13.6. The summed E-state index contributed by atoms with van der Waals surface area (Å²) in [5, 5.41) is 0.615. The van der Waals surface area contributed by atoms with Gasteiger partial charge in [0.2, 0.25) is 10.0 Å². The molecule has 21 heavy (non-hydrogen) atoms. The molecular formula is C14H14Cl2N2O2S. The standard InChI is InChI=1S/C14H14Cl2N2O2S/c1-18(9-10-4-2-3-5-12(10)15)21(19,20)14-7-6-11(17)8-13(14)16/h2-8H,9,17H2,1H3. The van der Waals surface area contributed by atoms with Gasteiger partial charge in [-0.2, -0.15) is 4.31 Å². The van der Waals surface area contributed by atoms with Crippen LogP contribution in [0.5, 0.6) is 0 Å². The number of nitrogens with two attached hydrogens (primary N) is 1. The lowest BCUT2D eigenvalue weighted by atomic mass is 10.2. The van der Waals surface area contributed by atoms with Gasteiger partial charge >= 0.3 is 0 Å². The van der Waals surface area contributed by atoms with Crippen molar-refractivity contribution in [2.24, 2.45) is 0 Å². The molecule has 0 aliphatic heterocycles. The highest BCUT2D eigenvalue weighted by Gasteiger charge is 2.24. The van der Waals surface area contributed by atoms with E-state index in [1.807, 2.05) is 0 Å². The van der Waals surface area contributed by atoms with Gasteiger partial charge in [0.05, 0.1) is 5.02 Å². The molecule has 0 aliphatic carbocycles. The summed E-state index contributed by atoms with van der Waals surface area (Å²) in [6.45, 7) is 0.155. The summed E-state index contributed by atoms with van der Waals surface area (Å²) in [5.74, 6) is 0. The van der Waals surface area contributed by atoms with Gasteiger partial charge in [0.1, 0.15) is 4.90 Å². The average molecular weight is 345 g/mol. The molecular weight excluding hydrogens is 331 g/mol. The highest BCUT2D eigenvalue weighted by atomic mass is 35.5. The summed E-state index contributed by atoms with van der Waals surface area (Å²) in [6.07, 6.45) is 0. The maximum absolute atomic E-state index is 12.5. The van der Waals surface area contributed by atoms with E-state index in [2.05, 4.69) is 0 Å². The molecule has 2 N–H and O–H groups in total. The number of rotatable bonds is 4. The third-order valence-electron chi connectivity index (χ3n) is 3.00. The lowest BCUT2D eigenvalue weighted by Crippen LogP contribution is -2.26. The number of sulfonamides is 1. The molecule has 0 atom stereocenters. The Kier molecular flexibility index (Phi) is 4.78. The van der Waals surface area contributed by atoms with Gasteiger partial charge in [-0.3, -0.25) is 0 Å². The number of halogens is 2. The van der Waals surface area contributed by atoms with Crippen molar-refractivity contribution in [1.82, 2.24) is 4.31 Å². The monoisotopic (exact) mass is 344 g/mol. The van der Waals surface area contributed by atoms with Crippen LogP contribution in [0.3, 0.4) is 0 Å². The van der Waals surface area contributed by atoms with Crippen LogP contribution in [-0.2, 0) is 16.6 Å². The Morgan fingerprint density at radius 1 is 1.10 bits per heavy atom. The number of hydrogen-bond acceptors (Lipinski definition) is 3. The molecule has 2 aromatic rings. The van der Waals surface area contributed by atoms with Gasteiger partial charge in [0, 0.05) is 24.3 Å². The minimum absolute atomic E-state index is 0.0212. The Labute approximate surface area is 134 Å². The first kappa shape index (κ1) is 16.1. The SMILES string of the molecule is CN(Cc1ccccc1Cl)S(=O)(=O)c1ccc(N)cc1Cl. The van der Waals surface area contributed by atoms with Gasteiger partial charge in [-0.25, -0.2) is 8.42 Å². The molecule has 0 spiro atoms. The molecule has 0 radical (unpaired) electrons. The Bertz CT molecular complexity index is 763. The van der Waals surface area contributed by atoms with Crippen molar-refractivity contribution in [2.45, 2.75) is 11.4 Å². The molecule has 0 fully saturated rings. The van der Waals surface area contributed by atoms with E-state index < -0.39 is 10.0 Å². The van der Waals surface area contributed by atoms with E-state index in [0.29, 0.717) is 10.7 Å². The minimum atomic E-state index is -3.71. The van der Waals surface area contributed by atoms with Crippen LogP contribution in [0.2, 0.25) is 10.0 Å². The van der Waals surface area contributed by atoms with Crippen LogP contribution in [0.25, 0.3) is 0 Å². The summed E-state index contributed by atoms with van der Waals surface area (Å²) in [7, 11) is -2.24. The molecule has 0 heterocycles. The van der Waals surface area contributed by atoms with Crippen LogP contribution in [0.4, 0.5) is 5.69 Å². The molecule has 2 aromatic carbocycles. The maximum Gasteiger partial charge on any atom is 0.244 e. The van der Waals surface area contributed by atoms with E-state index in [-0.39, 0.29) is 16.5 Å². The van der Waals surface area contributed by atoms with Crippen molar-refractivity contribution < 1.29 is 8.42 Å². The van der Waals surface area contributed by atoms with E-state index in [4.69, 9.17) is 28.9 Å². The molecule has 0 unspecified atom stereocenters. The van der Waals surface area contributed by atoms with Gasteiger partial charge < -0.3 is 5.73 Å². The van der Waals surface area contributed by atoms with Crippen molar-refractivity contribution in [3.8, 4) is 0 Å². The van der Waals surface area contributed by atoms with Crippen molar-refractivity contribution in [3.05, 3.63) is 58.1 Å². The molecule has 0 amide bonds. The van der Waals surface area contributed by atoms with Crippen molar-refractivity contribution >= 4 is 38.9 Å². The highest BCUT2D eigenvalue weighted by Crippen LogP contribution is 2.27. The number of anilines is 1. The van der Waals surface area contributed by atoms with Crippen molar-refractivity contribution in [3.63, 3.8) is 0 Å². The van der Waals surface area contributed by atoms with E-state index in [9.17, 15) is 8.42 Å². The number of benzene rings is 2. The molecule has 112 valence electrons. The summed E-state index contributed by atoms with van der Waals surface area (Å²) < 4.78 is 26.3. The predicted molar refractivity (Wildman–Crippen MR) is 86.0 cm³/mol. The van der Waals surface area contributed by atoms with Crippen LogP contribution in [0, 0.1) is 0 Å². The van der Waals surface area contributed by atoms with Gasteiger partial charge in [-0.1, -0.05) is 41.4 Å². The van der Waals surface area contributed by atoms with Crippen LogP contribution in [0.15, 0.2) is 47.4 Å². The Hall–Kier alpha value is -1.27. The molecule has 0 saturated heterocycles. The molecule has 0 aliphatic rings. The molecule has 0 aromatic heterocycles. The van der Waals surface area contributed by atoms with E-state index in [0.717, 1.165) is 5.56 Å². The first-order valence-corrected chi connectivity index (χ1v) is 8.27. The summed E-state index contributed by atoms with van der Waals surface area (Å²) in [4.78, 5) is 0.0212. The second kappa shape index (κ2) is 6.23. The first-order valence-electron chi connectivity index (χ1n) is 6.07. The van der Waals surface area contributed by atoms with Gasteiger partial charge in [0.15, 0.2) is 0 Å². The molecule has 2 rings (SSSR count). The highest BCUT2D eigenvalue weighted by molar-refractivity contribution is 7.89. The van der Waals surface area contributed by atoms with Crippen LogP contribution < -0.4 is 5.73 Å². The second-order valence-electron chi connectivity index (χ2n) is 4.54. The first-order chi connectivity index (χ1) is 9.82. The minimum Gasteiger partial charge on any atom is -0.399 e. The molecule has 4 nitrogen and oxygen atoms in total. The van der Waals surface area contributed by atoms with Gasteiger partial charge in [0.25, 0.3) is 0 Å². The zero-order chi connectivity index (χ0) is 15.6. The Morgan fingerprint density at radius 2 is 1.76 bits per heavy atom. The topological polar surface area (TPSA) is 63.4 Å². The number of hydrogen-bond donors (Lipinski definition) is 1. The molecule has 7 heteroatoms. The predicted octanol–water partition coefficient (Wildman–Crippen LogP) is 3.40. The lowest BCUT2D eigenvalue weighted by Gasteiger charge is -2.18. The fraction of sp³-hybridized carbons (Fsp3) is 0.143. The van der Waals surface area contributed by atoms with Crippen LogP contribution in [-0.4, -0.2) is 19.8 Å². The Balaban J connectivity index is 2.33. The lowest BCUT2D eigenvalue weighted by molar-refractivity contribution is 0.467. The largest absolute Gasteiger partial charge is 0.399 e. The fourth-order valence-corrected chi connectivity index (χ4v) is 3.71. The normalized spacial score (nSPS) is 11.8. The number of nitrogens with zero attached hydrogens (tertiary/aromatic N) is 1. The third kappa shape index (κ3) is 3.49. The molecule has 0 bridgehead atoms. The van der Waals surface area contributed by atoms with E-state index in [1.54, 1.807) is 24.3 Å². The summed E-state index contributed by atoms with van der Waals surface area (Å²) >= 11 is 12.0. The molecule has 0 saturated carbocycles. The third-order valence-corrected chi connectivity index (χ3v) is 5.65. The fourth-order valence-electron chi connectivity index (χ4n) is 1.85. The van der Waals surface area contributed by atoms with Gasteiger partial charge in [-0.05, 0) is 29.8 Å².